The first-order valence-corrected chi connectivity index (χ1v) is 11.7. The van der Waals surface area contributed by atoms with Gasteiger partial charge in [-0.15, -0.1) is 0 Å². The summed E-state index contributed by atoms with van der Waals surface area (Å²) in [7, 11) is 1.63. The molecule has 0 aliphatic heterocycles. The van der Waals surface area contributed by atoms with E-state index in [-0.39, 0.29) is 13.2 Å². The monoisotopic (exact) mass is 419 g/mol. The van der Waals surface area contributed by atoms with Crippen LogP contribution < -0.4 is 0 Å². The van der Waals surface area contributed by atoms with E-state index in [0.29, 0.717) is 6.42 Å². The predicted octanol–water partition coefficient (Wildman–Crippen LogP) is 4.90. The number of carboxylic acid groups (broad SMARTS) is 1. The molecule has 0 fully saturated rings. The lowest BCUT2D eigenvalue weighted by atomic mass is 10.0. The maximum Gasteiger partial charge on any atom is 0.300 e. The number of aliphatic hydroxyl groups is 3. The molecule has 4 N–H and O–H groups in total. The van der Waals surface area contributed by atoms with Crippen molar-refractivity contribution in [2.45, 2.75) is 122 Å². The average molecular weight is 420 g/mol. The van der Waals surface area contributed by atoms with Crippen molar-refractivity contribution in [1.82, 2.24) is 4.90 Å². The fourth-order valence-electron chi connectivity index (χ4n) is 3.25. The number of hydrogen-bond donors (Lipinski definition) is 4. The summed E-state index contributed by atoms with van der Waals surface area (Å²) >= 11 is 0. The van der Waals surface area contributed by atoms with Gasteiger partial charge in [0.05, 0.1) is 6.61 Å². The highest BCUT2D eigenvalue weighted by Gasteiger charge is 2.27. The molecule has 0 aliphatic carbocycles. The Bertz CT molecular complexity index is 346. The molecule has 6 heteroatoms. The zero-order valence-corrected chi connectivity index (χ0v) is 19.4. The Morgan fingerprint density at radius 1 is 0.759 bits per heavy atom. The van der Waals surface area contributed by atoms with Gasteiger partial charge in [0, 0.05) is 19.9 Å². The third kappa shape index (κ3) is 25.3. The SMILES string of the molecule is CC(=O)O.CCCCCCCCCCCCCCCCCC(O)(O)N(C)CCO. The van der Waals surface area contributed by atoms with Crippen molar-refractivity contribution < 1.29 is 25.2 Å². The second-order valence-electron chi connectivity index (χ2n) is 8.14. The van der Waals surface area contributed by atoms with Crippen molar-refractivity contribution in [2.75, 3.05) is 20.2 Å². The summed E-state index contributed by atoms with van der Waals surface area (Å²) in [6.45, 7) is 3.58. The number of aliphatic carboxylic acids is 1. The molecule has 0 aromatic carbocycles. The van der Waals surface area contributed by atoms with Gasteiger partial charge in [-0.05, 0) is 13.5 Å². The average Bonchev–Trinajstić information content (AvgIpc) is 2.64. The second-order valence-corrected chi connectivity index (χ2v) is 8.14. The lowest BCUT2D eigenvalue weighted by Gasteiger charge is -2.31. The number of unbranched alkanes of at least 4 members (excludes halogenated alkanes) is 14. The standard InChI is InChI=1S/C21H45NO3.C2H4O2/c1-3-4-5-6-7-8-9-10-11-12-13-14-15-16-17-18-21(24,25)22(2)19-20-23;1-2(3)4/h23-25H,3-20H2,1-2H3;1H3,(H,3,4). The van der Waals surface area contributed by atoms with Crippen LogP contribution in [-0.2, 0) is 4.79 Å². The van der Waals surface area contributed by atoms with Gasteiger partial charge in [0.25, 0.3) is 5.97 Å². The van der Waals surface area contributed by atoms with Gasteiger partial charge in [-0.2, -0.15) is 0 Å². The Hall–Kier alpha value is -0.690. The summed E-state index contributed by atoms with van der Waals surface area (Å²) in [6, 6.07) is 0. The van der Waals surface area contributed by atoms with E-state index >= 15 is 0 Å². The maximum absolute atomic E-state index is 9.89. The topological polar surface area (TPSA) is 101 Å². The predicted molar refractivity (Wildman–Crippen MR) is 120 cm³/mol. The number of hydrogen-bond acceptors (Lipinski definition) is 5. The van der Waals surface area contributed by atoms with E-state index in [1.807, 2.05) is 0 Å². The van der Waals surface area contributed by atoms with Crippen LogP contribution in [0.5, 0.6) is 0 Å². The van der Waals surface area contributed by atoms with Crippen LogP contribution in [0.25, 0.3) is 0 Å². The molecular weight excluding hydrogens is 370 g/mol. The molecule has 0 unspecified atom stereocenters. The third-order valence-electron chi connectivity index (χ3n) is 5.16. The van der Waals surface area contributed by atoms with E-state index in [1.165, 1.54) is 88.4 Å². The first kappa shape index (κ1) is 30.5. The summed E-state index contributed by atoms with van der Waals surface area (Å²) < 4.78 is 0. The Kier molecular flexibility index (Phi) is 23.1. The minimum absolute atomic E-state index is 0.0573. The van der Waals surface area contributed by atoms with E-state index in [1.54, 1.807) is 7.05 Å². The molecule has 0 bridgehead atoms. The molecule has 29 heavy (non-hydrogen) atoms. The largest absolute Gasteiger partial charge is 0.481 e. The highest BCUT2D eigenvalue weighted by atomic mass is 16.5. The van der Waals surface area contributed by atoms with Crippen LogP contribution in [0.1, 0.15) is 117 Å². The van der Waals surface area contributed by atoms with Crippen molar-refractivity contribution in [3.05, 3.63) is 0 Å². The van der Waals surface area contributed by atoms with E-state index in [0.717, 1.165) is 19.8 Å². The molecule has 6 nitrogen and oxygen atoms in total. The van der Waals surface area contributed by atoms with Gasteiger partial charge >= 0.3 is 0 Å². The zero-order chi connectivity index (χ0) is 22.4. The van der Waals surface area contributed by atoms with Gasteiger partial charge in [-0.3, -0.25) is 9.69 Å². The molecule has 0 aliphatic rings. The van der Waals surface area contributed by atoms with Crippen molar-refractivity contribution in [1.29, 1.82) is 0 Å². The maximum atomic E-state index is 9.89. The first-order valence-electron chi connectivity index (χ1n) is 11.7. The second kappa shape index (κ2) is 22.0. The van der Waals surface area contributed by atoms with Crippen molar-refractivity contribution in [3.8, 4) is 0 Å². The molecule has 0 heterocycles. The molecular formula is C23H49NO5. The summed E-state index contributed by atoms with van der Waals surface area (Å²) in [5, 5.41) is 36.0. The highest BCUT2D eigenvalue weighted by molar-refractivity contribution is 5.62. The molecule has 0 saturated carbocycles. The Morgan fingerprint density at radius 2 is 1.07 bits per heavy atom. The third-order valence-corrected chi connectivity index (χ3v) is 5.16. The fraction of sp³-hybridized carbons (Fsp3) is 0.957. The lowest BCUT2D eigenvalue weighted by Crippen LogP contribution is -2.47. The quantitative estimate of drug-likeness (QED) is 0.175. The van der Waals surface area contributed by atoms with Crippen LogP contribution in [-0.4, -0.2) is 57.4 Å². The van der Waals surface area contributed by atoms with Crippen LogP contribution in [0.3, 0.4) is 0 Å². The molecule has 0 spiro atoms. The summed E-state index contributed by atoms with van der Waals surface area (Å²) in [6.07, 6.45) is 19.9. The van der Waals surface area contributed by atoms with Crippen LogP contribution in [0, 0.1) is 0 Å². The summed E-state index contributed by atoms with van der Waals surface area (Å²) in [5.41, 5.74) is 0. The van der Waals surface area contributed by atoms with Crippen LogP contribution >= 0.6 is 0 Å². The minimum Gasteiger partial charge on any atom is -0.481 e. The Labute approximate surface area is 179 Å². The molecule has 0 aromatic heterocycles. The molecule has 176 valence electrons. The summed E-state index contributed by atoms with van der Waals surface area (Å²) in [5.74, 6) is -2.61. The van der Waals surface area contributed by atoms with E-state index in [2.05, 4.69) is 6.92 Å². The molecule has 0 amide bonds. The minimum atomic E-state index is -1.78. The first-order chi connectivity index (χ1) is 13.8. The number of carboxylic acids is 1. The van der Waals surface area contributed by atoms with Crippen LogP contribution in [0.15, 0.2) is 0 Å². The lowest BCUT2D eigenvalue weighted by molar-refractivity contribution is -0.262. The van der Waals surface area contributed by atoms with Gasteiger partial charge in [0.15, 0.2) is 0 Å². The zero-order valence-electron chi connectivity index (χ0n) is 19.4. The van der Waals surface area contributed by atoms with Crippen LogP contribution in [0.4, 0.5) is 0 Å². The number of likely N-dealkylation sites (N-methyl/N-ethyl adjacent to an activating group) is 1. The molecule has 0 saturated heterocycles. The Balaban J connectivity index is 0. The van der Waals surface area contributed by atoms with E-state index in [4.69, 9.17) is 15.0 Å². The molecule has 0 rings (SSSR count). The number of nitrogens with zero attached hydrogens (tertiary/aromatic N) is 1. The number of carbonyl (C=O) groups is 1. The van der Waals surface area contributed by atoms with E-state index in [9.17, 15) is 10.2 Å². The summed E-state index contributed by atoms with van der Waals surface area (Å²) in [4.78, 5) is 10.4. The van der Waals surface area contributed by atoms with Gasteiger partial charge in [0.2, 0.25) is 5.91 Å². The van der Waals surface area contributed by atoms with Gasteiger partial charge < -0.3 is 20.4 Å². The normalized spacial score (nSPS) is 11.4. The van der Waals surface area contributed by atoms with Gasteiger partial charge in [0.1, 0.15) is 0 Å². The van der Waals surface area contributed by atoms with Crippen molar-refractivity contribution in [3.63, 3.8) is 0 Å². The molecule has 0 atom stereocenters. The highest BCUT2D eigenvalue weighted by Crippen LogP contribution is 2.17. The molecule has 0 aromatic rings. The van der Waals surface area contributed by atoms with E-state index < -0.39 is 11.9 Å². The number of rotatable bonds is 19. The van der Waals surface area contributed by atoms with Gasteiger partial charge in [-0.1, -0.05) is 96.8 Å². The van der Waals surface area contributed by atoms with Gasteiger partial charge in [-0.25, -0.2) is 0 Å². The Morgan fingerprint density at radius 3 is 1.38 bits per heavy atom. The fourth-order valence-corrected chi connectivity index (χ4v) is 3.25. The molecule has 0 radical (unpaired) electrons. The van der Waals surface area contributed by atoms with Crippen LogP contribution in [0.2, 0.25) is 0 Å². The number of aliphatic hydroxyl groups excluding tert-OH is 1. The van der Waals surface area contributed by atoms with Crippen molar-refractivity contribution in [2.24, 2.45) is 0 Å². The van der Waals surface area contributed by atoms with Crippen molar-refractivity contribution >= 4 is 5.97 Å². The smallest absolute Gasteiger partial charge is 0.300 e.